The summed E-state index contributed by atoms with van der Waals surface area (Å²) in [6.45, 7) is 1.77. The summed E-state index contributed by atoms with van der Waals surface area (Å²) in [6.07, 6.45) is 0.399. The zero-order valence-corrected chi connectivity index (χ0v) is 8.30. The minimum atomic E-state index is -0.211. The van der Waals surface area contributed by atoms with Crippen molar-refractivity contribution in [3.05, 3.63) is 28.7 Å². The predicted octanol–water partition coefficient (Wildman–Crippen LogP) is 2.76. The molecule has 0 aliphatic rings. The highest BCUT2D eigenvalue weighted by Gasteiger charge is 1.99. The lowest BCUT2D eigenvalue weighted by Crippen LogP contribution is -2.04. The first-order chi connectivity index (χ1) is 5.72. The summed E-state index contributed by atoms with van der Waals surface area (Å²) in [7, 11) is 0. The number of ether oxygens (including phenoxy) is 1. The molecule has 1 aromatic carbocycles. The highest BCUT2D eigenvalue weighted by atomic mass is 79.9. The van der Waals surface area contributed by atoms with E-state index in [4.69, 9.17) is 4.74 Å². The zero-order chi connectivity index (χ0) is 8.97. The number of hydrogen-bond donors (Lipinski definition) is 0. The van der Waals surface area contributed by atoms with E-state index < -0.39 is 0 Å². The summed E-state index contributed by atoms with van der Waals surface area (Å²) in [5.74, 6) is 0.377. The molecule has 64 valence electrons. The van der Waals surface area contributed by atoms with Crippen LogP contribution in [0, 0.1) is 0 Å². The van der Waals surface area contributed by atoms with Crippen LogP contribution in [0.5, 0.6) is 5.75 Å². The van der Waals surface area contributed by atoms with Gasteiger partial charge < -0.3 is 4.74 Å². The second-order valence-corrected chi connectivity index (χ2v) is 3.20. The first-order valence-electron chi connectivity index (χ1n) is 3.68. The van der Waals surface area contributed by atoms with Crippen molar-refractivity contribution in [1.82, 2.24) is 0 Å². The molecule has 0 aromatic heterocycles. The van der Waals surface area contributed by atoms with Gasteiger partial charge in [0.25, 0.3) is 0 Å². The minimum absolute atomic E-state index is 0.211. The molecule has 12 heavy (non-hydrogen) atoms. The van der Waals surface area contributed by atoms with Crippen molar-refractivity contribution in [2.45, 2.75) is 13.3 Å². The fourth-order valence-corrected chi connectivity index (χ4v) is 0.971. The number of esters is 1. The number of rotatable bonds is 2. The van der Waals surface area contributed by atoms with Crippen LogP contribution in [0.25, 0.3) is 0 Å². The van der Waals surface area contributed by atoms with E-state index in [9.17, 15) is 4.79 Å². The third-order valence-corrected chi connectivity index (χ3v) is 1.86. The fourth-order valence-electron chi connectivity index (χ4n) is 0.706. The average Bonchev–Trinajstić information content (AvgIpc) is 2.09. The molecule has 0 heterocycles. The molecule has 0 bridgehead atoms. The summed E-state index contributed by atoms with van der Waals surface area (Å²) < 4.78 is 5.93. The third-order valence-electron chi connectivity index (χ3n) is 1.33. The maximum atomic E-state index is 10.8. The predicted molar refractivity (Wildman–Crippen MR) is 50.1 cm³/mol. The number of halogens is 1. The van der Waals surface area contributed by atoms with E-state index >= 15 is 0 Å². The van der Waals surface area contributed by atoms with Gasteiger partial charge in [-0.15, -0.1) is 0 Å². The second-order valence-electron chi connectivity index (χ2n) is 2.28. The van der Waals surface area contributed by atoms with Crippen LogP contribution < -0.4 is 4.74 Å². The van der Waals surface area contributed by atoms with Crippen LogP contribution in [0.4, 0.5) is 0 Å². The molecule has 3 heteroatoms. The maximum absolute atomic E-state index is 10.8. The lowest BCUT2D eigenvalue weighted by molar-refractivity contribution is -0.134. The average molecular weight is 229 g/mol. The number of benzene rings is 1. The maximum Gasteiger partial charge on any atom is 0.310 e. The van der Waals surface area contributed by atoms with E-state index in [0.717, 1.165) is 4.47 Å². The van der Waals surface area contributed by atoms with Gasteiger partial charge in [0.2, 0.25) is 0 Å². The highest BCUT2D eigenvalue weighted by molar-refractivity contribution is 9.10. The highest BCUT2D eigenvalue weighted by Crippen LogP contribution is 2.16. The molecule has 0 saturated carbocycles. The van der Waals surface area contributed by atoms with Gasteiger partial charge >= 0.3 is 5.97 Å². The molecule has 0 N–H and O–H groups in total. The summed E-state index contributed by atoms with van der Waals surface area (Å²) in [5.41, 5.74) is 0. The van der Waals surface area contributed by atoms with Crippen molar-refractivity contribution in [3.63, 3.8) is 0 Å². The Labute approximate surface area is 79.7 Å². The lowest BCUT2D eigenvalue weighted by Gasteiger charge is -2.01. The third kappa shape index (κ3) is 2.66. The van der Waals surface area contributed by atoms with E-state index in [1.807, 2.05) is 12.1 Å². The Balaban J connectivity index is 2.64. The van der Waals surface area contributed by atoms with E-state index in [1.54, 1.807) is 19.1 Å². The Morgan fingerprint density at radius 1 is 1.42 bits per heavy atom. The Hall–Kier alpha value is -0.830. The Morgan fingerprint density at radius 3 is 2.50 bits per heavy atom. The molecule has 0 aliphatic carbocycles. The van der Waals surface area contributed by atoms with Gasteiger partial charge in [0, 0.05) is 10.9 Å². The summed E-state index contributed by atoms with van der Waals surface area (Å²) in [6, 6.07) is 7.16. The van der Waals surface area contributed by atoms with Gasteiger partial charge in [-0.3, -0.25) is 4.79 Å². The van der Waals surface area contributed by atoms with Crippen LogP contribution >= 0.6 is 15.9 Å². The van der Waals surface area contributed by atoms with Gasteiger partial charge in [-0.05, 0) is 24.3 Å². The summed E-state index contributed by atoms with van der Waals surface area (Å²) in [5, 5.41) is 0. The van der Waals surface area contributed by atoms with E-state index in [1.165, 1.54) is 0 Å². The lowest BCUT2D eigenvalue weighted by atomic mass is 10.3. The van der Waals surface area contributed by atoms with Gasteiger partial charge in [-0.25, -0.2) is 0 Å². The molecule has 0 unspecified atom stereocenters. The van der Waals surface area contributed by atoms with Crippen LogP contribution in [0.3, 0.4) is 0 Å². The second kappa shape index (κ2) is 4.26. The topological polar surface area (TPSA) is 26.3 Å². The molecule has 1 aromatic rings. The van der Waals surface area contributed by atoms with Gasteiger partial charge in [0.15, 0.2) is 0 Å². The van der Waals surface area contributed by atoms with E-state index in [2.05, 4.69) is 15.9 Å². The summed E-state index contributed by atoms with van der Waals surface area (Å²) >= 11 is 3.29. The van der Waals surface area contributed by atoms with Crippen LogP contribution in [0.1, 0.15) is 13.3 Å². The normalized spacial score (nSPS) is 9.50. The van der Waals surface area contributed by atoms with Crippen molar-refractivity contribution in [3.8, 4) is 5.75 Å². The van der Waals surface area contributed by atoms with Crippen LogP contribution in [0.2, 0.25) is 0 Å². The van der Waals surface area contributed by atoms with Crippen LogP contribution in [-0.2, 0) is 4.79 Å². The minimum Gasteiger partial charge on any atom is -0.427 e. The van der Waals surface area contributed by atoms with Gasteiger partial charge in [-0.1, -0.05) is 22.9 Å². The molecule has 0 fully saturated rings. The van der Waals surface area contributed by atoms with Crippen molar-refractivity contribution >= 4 is 21.9 Å². The molecular formula is C9H9BrO2. The van der Waals surface area contributed by atoms with Crippen LogP contribution in [0.15, 0.2) is 28.7 Å². The van der Waals surface area contributed by atoms with Crippen LogP contribution in [-0.4, -0.2) is 5.97 Å². The molecular weight excluding hydrogens is 220 g/mol. The number of hydrogen-bond acceptors (Lipinski definition) is 2. The molecule has 0 radical (unpaired) electrons. The van der Waals surface area contributed by atoms with Gasteiger partial charge in [0.1, 0.15) is 5.75 Å². The molecule has 0 atom stereocenters. The number of carbonyl (C=O) groups excluding carboxylic acids is 1. The Bertz CT molecular complexity index is 266. The Kier molecular flexibility index (Phi) is 3.29. The standard InChI is InChI=1S/C9H9BrO2/c1-2-9(11)12-8-5-3-7(10)4-6-8/h3-6H,2H2,1H3. The van der Waals surface area contributed by atoms with Gasteiger partial charge in [0.05, 0.1) is 0 Å². The zero-order valence-electron chi connectivity index (χ0n) is 6.71. The molecule has 1 rings (SSSR count). The van der Waals surface area contributed by atoms with Crippen molar-refractivity contribution in [1.29, 1.82) is 0 Å². The summed E-state index contributed by atoms with van der Waals surface area (Å²) in [4.78, 5) is 10.8. The first kappa shape index (κ1) is 9.26. The number of carbonyl (C=O) groups is 1. The van der Waals surface area contributed by atoms with Crippen molar-refractivity contribution < 1.29 is 9.53 Å². The monoisotopic (exact) mass is 228 g/mol. The smallest absolute Gasteiger partial charge is 0.310 e. The largest absolute Gasteiger partial charge is 0.427 e. The molecule has 0 aliphatic heterocycles. The van der Waals surface area contributed by atoms with E-state index in [-0.39, 0.29) is 5.97 Å². The quantitative estimate of drug-likeness (QED) is 0.575. The van der Waals surface area contributed by atoms with Gasteiger partial charge in [-0.2, -0.15) is 0 Å². The molecule has 0 spiro atoms. The van der Waals surface area contributed by atoms with Crippen molar-refractivity contribution in [2.24, 2.45) is 0 Å². The SMILES string of the molecule is CCC(=O)Oc1ccc(Br)cc1. The molecule has 0 amide bonds. The Morgan fingerprint density at radius 2 is 2.00 bits per heavy atom. The first-order valence-corrected chi connectivity index (χ1v) is 4.48. The fraction of sp³-hybridized carbons (Fsp3) is 0.222. The van der Waals surface area contributed by atoms with Crippen molar-refractivity contribution in [2.75, 3.05) is 0 Å². The molecule has 0 saturated heterocycles. The molecule has 2 nitrogen and oxygen atoms in total. The van der Waals surface area contributed by atoms with E-state index in [0.29, 0.717) is 12.2 Å².